The van der Waals surface area contributed by atoms with Crippen LogP contribution in [0.2, 0.25) is 0 Å². The van der Waals surface area contributed by atoms with Crippen LogP contribution in [0.1, 0.15) is 24.5 Å². The molecule has 0 aliphatic carbocycles. The summed E-state index contributed by atoms with van der Waals surface area (Å²) in [6, 6.07) is 4.96. The van der Waals surface area contributed by atoms with Gasteiger partial charge in [-0.15, -0.1) is 0 Å². The minimum absolute atomic E-state index is 0.131. The first-order chi connectivity index (χ1) is 13.0. The first-order valence-corrected chi connectivity index (χ1v) is 9.84. The molecule has 3 aromatic rings. The lowest BCUT2D eigenvalue weighted by atomic mass is 10.1. The second kappa shape index (κ2) is 7.32. The molecule has 4 heterocycles. The highest BCUT2D eigenvalue weighted by Crippen LogP contribution is 2.19. The maximum absolute atomic E-state index is 13.1. The van der Waals surface area contributed by atoms with E-state index >= 15 is 0 Å². The molecule has 0 N–H and O–H groups in total. The fraction of sp³-hybridized carbons (Fsp3) is 0.444. The van der Waals surface area contributed by atoms with E-state index in [1.165, 1.54) is 28.1 Å². The van der Waals surface area contributed by atoms with E-state index in [9.17, 15) is 9.18 Å². The predicted molar refractivity (Wildman–Crippen MR) is 103 cm³/mol. The Labute approximate surface area is 160 Å². The molecule has 4 rings (SSSR count). The summed E-state index contributed by atoms with van der Waals surface area (Å²) in [4.78, 5) is 26.2. The Kier molecular flexibility index (Phi) is 4.88. The van der Waals surface area contributed by atoms with Gasteiger partial charge >= 0.3 is 0 Å². The van der Waals surface area contributed by atoms with Crippen molar-refractivity contribution in [1.82, 2.24) is 24.5 Å². The number of hydrogen-bond acceptors (Lipinski definition) is 7. The van der Waals surface area contributed by atoms with Crippen molar-refractivity contribution in [2.45, 2.75) is 32.9 Å². The molecule has 9 heteroatoms. The lowest BCUT2D eigenvalue weighted by Gasteiger charge is -2.40. The van der Waals surface area contributed by atoms with Crippen molar-refractivity contribution in [3.63, 3.8) is 0 Å². The molecule has 1 atom stereocenters. The molecule has 0 aromatic carbocycles. The van der Waals surface area contributed by atoms with Crippen molar-refractivity contribution in [3.8, 4) is 0 Å². The number of aryl methyl sites for hydroxylation is 1. The summed E-state index contributed by atoms with van der Waals surface area (Å²) in [5.41, 5.74) is 0.639. The molecule has 0 saturated carbocycles. The quantitative estimate of drug-likeness (QED) is 0.681. The summed E-state index contributed by atoms with van der Waals surface area (Å²) in [5, 5.41) is 5.19. The van der Waals surface area contributed by atoms with Gasteiger partial charge in [-0.1, -0.05) is 18.3 Å². The lowest BCUT2D eigenvalue weighted by molar-refractivity contribution is 0.218. The summed E-state index contributed by atoms with van der Waals surface area (Å²) in [6.45, 7) is 7.21. The number of nitrogens with zero attached hydrogens (tertiary/aromatic N) is 6. The van der Waals surface area contributed by atoms with E-state index in [-0.39, 0.29) is 17.4 Å². The van der Waals surface area contributed by atoms with Crippen LogP contribution in [0.4, 0.5) is 10.2 Å². The first-order valence-electron chi connectivity index (χ1n) is 9.02. The molecule has 1 fully saturated rings. The van der Waals surface area contributed by atoms with E-state index in [4.69, 9.17) is 0 Å². The third kappa shape index (κ3) is 3.70. The van der Waals surface area contributed by atoms with Crippen molar-refractivity contribution in [3.05, 3.63) is 51.3 Å². The molecule has 3 aromatic heterocycles. The van der Waals surface area contributed by atoms with Gasteiger partial charge in [-0.25, -0.2) is 14.4 Å². The van der Waals surface area contributed by atoms with Gasteiger partial charge in [-0.2, -0.15) is 9.61 Å². The Morgan fingerprint density at radius 2 is 2.19 bits per heavy atom. The van der Waals surface area contributed by atoms with Crippen molar-refractivity contribution >= 4 is 22.1 Å². The van der Waals surface area contributed by atoms with Gasteiger partial charge in [0.2, 0.25) is 4.96 Å². The van der Waals surface area contributed by atoms with Gasteiger partial charge in [-0.3, -0.25) is 9.69 Å². The Morgan fingerprint density at radius 1 is 1.33 bits per heavy atom. The number of halogens is 1. The molecule has 0 radical (unpaired) electrons. The van der Waals surface area contributed by atoms with Crippen molar-refractivity contribution < 1.29 is 4.39 Å². The Hall–Kier alpha value is -2.39. The van der Waals surface area contributed by atoms with Crippen LogP contribution in [0.25, 0.3) is 4.96 Å². The Morgan fingerprint density at radius 3 is 2.89 bits per heavy atom. The summed E-state index contributed by atoms with van der Waals surface area (Å²) in [7, 11) is 0. The van der Waals surface area contributed by atoms with Crippen LogP contribution in [0.3, 0.4) is 0 Å². The smallest absolute Gasteiger partial charge is 0.275 e. The highest BCUT2D eigenvalue weighted by atomic mass is 32.1. The van der Waals surface area contributed by atoms with E-state index in [2.05, 4.69) is 31.8 Å². The number of fused-ring (bicyclic) bond motifs is 1. The second-order valence-electron chi connectivity index (χ2n) is 6.74. The number of rotatable bonds is 4. The molecule has 1 saturated heterocycles. The average Bonchev–Trinajstić information content (AvgIpc) is 3.07. The van der Waals surface area contributed by atoms with E-state index in [0.717, 1.165) is 42.6 Å². The molecule has 1 aliphatic rings. The fourth-order valence-electron chi connectivity index (χ4n) is 3.40. The molecule has 1 unspecified atom stereocenters. The molecule has 0 bridgehead atoms. The summed E-state index contributed by atoms with van der Waals surface area (Å²) in [5.74, 6) is 0.463. The third-order valence-corrected chi connectivity index (χ3v) is 5.80. The van der Waals surface area contributed by atoms with Gasteiger partial charge < -0.3 is 4.90 Å². The van der Waals surface area contributed by atoms with E-state index < -0.39 is 0 Å². The molecule has 0 spiro atoms. The SMILES string of the molecule is CCc1nn2c(=O)cc(CN3CCN(c4ccc(F)cn4)C(C)C3)nc2s1. The number of pyridine rings is 1. The van der Waals surface area contributed by atoms with Crippen LogP contribution in [0, 0.1) is 5.82 Å². The van der Waals surface area contributed by atoms with E-state index in [1.54, 1.807) is 12.1 Å². The largest absolute Gasteiger partial charge is 0.351 e. The third-order valence-electron chi connectivity index (χ3n) is 4.75. The summed E-state index contributed by atoms with van der Waals surface area (Å²) in [6.07, 6.45) is 2.04. The molecule has 0 amide bonds. The molecule has 1 aliphatic heterocycles. The van der Waals surface area contributed by atoms with Gasteiger partial charge in [0.05, 0.1) is 11.9 Å². The number of anilines is 1. The van der Waals surface area contributed by atoms with Crippen LogP contribution in [-0.4, -0.2) is 50.2 Å². The summed E-state index contributed by atoms with van der Waals surface area (Å²) >= 11 is 1.46. The highest BCUT2D eigenvalue weighted by molar-refractivity contribution is 7.16. The van der Waals surface area contributed by atoms with Crippen LogP contribution >= 0.6 is 11.3 Å². The number of aromatic nitrogens is 4. The van der Waals surface area contributed by atoms with Gasteiger partial charge in [0, 0.05) is 38.3 Å². The number of hydrogen-bond donors (Lipinski definition) is 0. The van der Waals surface area contributed by atoms with Gasteiger partial charge in [0.1, 0.15) is 16.6 Å². The standard InChI is InChI=1S/C18H21FN6OS/c1-3-16-22-25-17(26)8-14(21-18(25)27-16)11-23-6-7-24(12(2)10-23)15-5-4-13(19)9-20-15/h4-5,8-9,12H,3,6-7,10-11H2,1-2H3. The van der Waals surface area contributed by atoms with Crippen LogP contribution in [0.15, 0.2) is 29.2 Å². The minimum atomic E-state index is -0.327. The van der Waals surface area contributed by atoms with Crippen molar-refractivity contribution in [2.75, 3.05) is 24.5 Å². The normalized spacial score (nSPS) is 18.3. The van der Waals surface area contributed by atoms with Crippen LogP contribution in [-0.2, 0) is 13.0 Å². The zero-order valence-corrected chi connectivity index (χ0v) is 16.1. The average molecular weight is 388 g/mol. The van der Waals surface area contributed by atoms with E-state index in [1.807, 2.05) is 6.92 Å². The van der Waals surface area contributed by atoms with Crippen LogP contribution < -0.4 is 10.5 Å². The molecule has 27 heavy (non-hydrogen) atoms. The maximum atomic E-state index is 13.1. The minimum Gasteiger partial charge on any atom is -0.351 e. The fourth-order valence-corrected chi connectivity index (χ4v) is 4.26. The summed E-state index contributed by atoms with van der Waals surface area (Å²) < 4.78 is 14.5. The zero-order chi connectivity index (χ0) is 19.0. The maximum Gasteiger partial charge on any atom is 0.275 e. The highest BCUT2D eigenvalue weighted by Gasteiger charge is 2.25. The van der Waals surface area contributed by atoms with E-state index in [0.29, 0.717) is 11.5 Å². The lowest BCUT2D eigenvalue weighted by Crippen LogP contribution is -2.52. The monoisotopic (exact) mass is 388 g/mol. The molecular formula is C18H21FN6OS. The van der Waals surface area contributed by atoms with Crippen molar-refractivity contribution in [1.29, 1.82) is 0 Å². The predicted octanol–water partition coefficient (Wildman–Crippen LogP) is 1.96. The Bertz CT molecular complexity index is 1000. The second-order valence-corrected chi connectivity index (χ2v) is 7.78. The first kappa shape index (κ1) is 18.0. The van der Waals surface area contributed by atoms with Crippen LogP contribution in [0.5, 0.6) is 0 Å². The zero-order valence-electron chi connectivity index (χ0n) is 15.3. The van der Waals surface area contributed by atoms with Gasteiger partial charge in [0.25, 0.3) is 5.56 Å². The molecule has 142 valence electrons. The number of piperazine rings is 1. The van der Waals surface area contributed by atoms with Gasteiger partial charge in [0.15, 0.2) is 0 Å². The van der Waals surface area contributed by atoms with Crippen molar-refractivity contribution in [2.24, 2.45) is 0 Å². The topological polar surface area (TPSA) is 66.6 Å². The Balaban J connectivity index is 1.47. The van der Waals surface area contributed by atoms with Gasteiger partial charge in [-0.05, 0) is 25.5 Å². The molecular weight excluding hydrogens is 367 g/mol. The molecule has 7 nitrogen and oxygen atoms in total.